The molecule has 3 saturated heterocycles. The van der Waals surface area contributed by atoms with Gasteiger partial charge in [-0.3, -0.25) is 19.6 Å². The first-order chi connectivity index (χ1) is 18.2. The summed E-state index contributed by atoms with van der Waals surface area (Å²) < 4.78 is 10.7. The van der Waals surface area contributed by atoms with Crippen LogP contribution in [0.2, 0.25) is 0 Å². The second-order valence-corrected chi connectivity index (χ2v) is 12.9. The highest BCUT2D eigenvalue weighted by Crippen LogP contribution is 2.54. The van der Waals surface area contributed by atoms with Crippen molar-refractivity contribution < 1.29 is 19.1 Å². The molecular weight excluding hydrogens is 500 g/mol. The van der Waals surface area contributed by atoms with Crippen molar-refractivity contribution in [1.82, 2.24) is 19.8 Å². The molecule has 9 heteroatoms. The van der Waals surface area contributed by atoms with E-state index in [1.54, 1.807) is 18.8 Å². The van der Waals surface area contributed by atoms with Gasteiger partial charge in [-0.1, -0.05) is 19.9 Å². The van der Waals surface area contributed by atoms with Crippen LogP contribution >= 0.6 is 11.3 Å². The molecule has 2 atom stereocenters. The van der Waals surface area contributed by atoms with Crippen molar-refractivity contribution in [3.63, 3.8) is 0 Å². The average Bonchev–Trinajstić information content (AvgIpc) is 3.33. The van der Waals surface area contributed by atoms with Crippen LogP contribution in [0.5, 0.6) is 0 Å². The average molecular weight is 541 g/mol. The first-order valence-corrected chi connectivity index (χ1v) is 14.6. The van der Waals surface area contributed by atoms with Crippen LogP contribution in [0.1, 0.15) is 79.5 Å². The van der Waals surface area contributed by atoms with Gasteiger partial charge in [0.2, 0.25) is 5.91 Å². The Bertz CT molecular complexity index is 1130. The Balaban J connectivity index is 0.000000163. The van der Waals surface area contributed by atoms with Gasteiger partial charge in [-0.25, -0.2) is 0 Å². The molecule has 1 spiro atoms. The molecule has 0 aromatic carbocycles. The summed E-state index contributed by atoms with van der Waals surface area (Å²) in [6, 6.07) is 6.21. The number of pyridine rings is 1. The molecule has 206 valence electrons. The Hall–Kier alpha value is -2.36. The Labute approximate surface area is 229 Å². The van der Waals surface area contributed by atoms with Crippen LogP contribution < -0.4 is 0 Å². The van der Waals surface area contributed by atoms with Crippen LogP contribution in [0, 0.1) is 16.7 Å². The number of ether oxygens (including phenoxy) is 2. The van der Waals surface area contributed by atoms with E-state index in [9.17, 15) is 9.59 Å². The predicted octanol–water partition coefficient (Wildman–Crippen LogP) is 4.55. The molecular formula is C29H40N4O4S. The van der Waals surface area contributed by atoms with Gasteiger partial charge in [0, 0.05) is 69.4 Å². The van der Waals surface area contributed by atoms with Crippen molar-refractivity contribution in [3.8, 4) is 0 Å². The van der Waals surface area contributed by atoms with Crippen molar-refractivity contribution in [2.24, 2.45) is 16.7 Å². The molecule has 8 nitrogen and oxygen atoms in total. The number of thiazole rings is 1. The van der Waals surface area contributed by atoms with Gasteiger partial charge >= 0.3 is 0 Å². The molecule has 4 aliphatic rings. The van der Waals surface area contributed by atoms with Crippen LogP contribution in [-0.2, 0) is 14.3 Å². The lowest BCUT2D eigenvalue weighted by atomic mass is 9.78. The van der Waals surface area contributed by atoms with Gasteiger partial charge in [0.05, 0.1) is 23.5 Å². The van der Waals surface area contributed by atoms with Gasteiger partial charge in [0.15, 0.2) is 0 Å². The molecule has 4 fully saturated rings. The topological polar surface area (TPSA) is 84.9 Å². The fraction of sp³-hybridized carbons (Fsp3) is 0.655. The van der Waals surface area contributed by atoms with Crippen LogP contribution in [0.3, 0.4) is 0 Å². The number of nitrogens with zero attached hydrogens (tertiary/aromatic N) is 4. The third-order valence-corrected chi connectivity index (χ3v) is 9.51. The van der Waals surface area contributed by atoms with Crippen molar-refractivity contribution in [3.05, 3.63) is 46.2 Å². The van der Waals surface area contributed by atoms with Crippen LogP contribution in [0.25, 0.3) is 0 Å². The Morgan fingerprint density at radius 3 is 2.50 bits per heavy atom. The molecule has 6 rings (SSSR count). The number of aromatic nitrogens is 2. The van der Waals surface area contributed by atoms with Crippen molar-refractivity contribution in [2.75, 3.05) is 46.5 Å². The standard InChI is InChI=1S/C16H21N3O2S.C13H19NO2/c1-15(2)5-11(15)13(20)19-8-16(9-19)3-4-18(7-16)14(21)12-6-17-10-22-12;1-10(15-2)12-4-3-5-13(14-12)11-6-8-16-9-7-11/h6,10-11H,3-5,7-9H2,1-2H3;3-5,10-11H,6-9H2,1-2H3. The first kappa shape index (κ1) is 27.2. The van der Waals surface area contributed by atoms with Gasteiger partial charge in [0.1, 0.15) is 4.88 Å². The number of carbonyl (C=O) groups is 2. The van der Waals surface area contributed by atoms with Crippen molar-refractivity contribution in [2.45, 2.75) is 58.5 Å². The van der Waals surface area contributed by atoms with E-state index in [4.69, 9.17) is 9.47 Å². The second-order valence-electron chi connectivity index (χ2n) is 12.0. The first-order valence-electron chi connectivity index (χ1n) is 13.8. The summed E-state index contributed by atoms with van der Waals surface area (Å²) >= 11 is 1.39. The molecule has 2 amide bonds. The van der Waals surface area contributed by atoms with Crippen molar-refractivity contribution in [1.29, 1.82) is 0 Å². The van der Waals surface area contributed by atoms with Gasteiger partial charge in [0.25, 0.3) is 5.91 Å². The minimum absolute atomic E-state index is 0.0693. The molecule has 0 bridgehead atoms. The fourth-order valence-corrected chi connectivity index (χ4v) is 6.50. The predicted molar refractivity (Wildman–Crippen MR) is 146 cm³/mol. The van der Waals surface area contributed by atoms with E-state index in [1.165, 1.54) is 17.0 Å². The van der Waals surface area contributed by atoms with Gasteiger partial charge in [-0.05, 0) is 50.2 Å². The highest BCUT2D eigenvalue weighted by Gasteiger charge is 2.57. The number of amides is 2. The number of carbonyl (C=O) groups excluding carboxylic acids is 2. The molecule has 2 aromatic rings. The summed E-state index contributed by atoms with van der Waals surface area (Å²) in [4.78, 5) is 38.1. The Kier molecular flexibility index (Phi) is 7.89. The highest BCUT2D eigenvalue weighted by molar-refractivity contribution is 7.11. The SMILES string of the molecule is CC1(C)CC1C(=O)N1CC2(CCN(C(=O)c3cncs3)C2)C1.COC(C)c1cccc(C2CCOCC2)n1. The summed E-state index contributed by atoms with van der Waals surface area (Å²) in [6.45, 7) is 11.3. The normalized spacial score (nSPS) is 24.4. The van der Waals surface area contributed by atoms with Gasteiger partial charge in [-0.15, -0.1) is 11.3 Å². The van der Waals surface area contributed by atoms with E-state index >= 15 is 0 Å². The van der Waals surface area contributed by atoms with E-state index < -0.39 is 0 Å². The number of hydrogen-bond acceptors (Lipinski definition) is 7. The Morgan fingerprint density at radius 1 is 1.16 bits per heavy atom. The van der Waals surface area contributed by atoms with Gasteiger partial charge in [-0.2, -0.15) is 0 Å². The maximum atomic E-state index is 12.4. The van der Waals surface area contributed by atoms with Crippen molar-refractivity contribution >= 4 is 23.2 Å². The molecule has 1 aliphatic carbocycles. The van der Waals surface area contributed by atoms with E-state index in [-0.39, 0.29) is 28.8 Å². The lowest BCUT2D eigenvalue weighted by molar-refractivity contribution is -0.144. The summed E-state index contributed by atoms with van der Waals surface area (Å²) in [7, 11) is 1.72. The molecule has 0 N–H and O–H groups in total. The molecule has 0 radical (unpaired) electrons. The third-order valence-electron chi connectivity index (χ3n) is 8.75. The Morgan fingerprint density at radius 2 is 1.87 bits per heavy atom. The molecule has 2 unspecified atom stereocenters. The molecule has 5 heterocycles. The van der Waals surface area contributed by atoms with Crippen LogP contribution in [0.4, 0.5) is 0 Å². The number of hydrogen-bond donors (Lipinski definition) is 0. The second kappa shape index (κ2) is 11.0. The van der Waals surface area contributed by atoms with E-state index in [1.807, 2.05) is 22.8 Å². The zero-order chi connectivity index (χ0) is 26.9. The smallest absolute Gasteiger partial charge is 0.265 e. The monoisotopic (exact) mass is 540 g/mol. The van der Waals surface area contributed by atoms with Gasteiger partial charge < -0.3 is 19.3 Å². The summed E-state index contributed by atoms with van der Waals surface area (Å²) in [5, 5.41) is 0. The quantitative estimate of drug-likeness (QED) is 0.553. The number of likely N-dealkylation sites (tertiary alicyclic amines) is 2. The van der Waals surface area contributed by atoms with E-state index in [2.05, 4.69) is 35.9 Å². The highest BCUT2D eigenvalue weighted by atomic mass is 32.1. The number of methoxy groups -OCH3 is 1. The summed E-state index contributed by atoms with van der Waals surface area (Å²) in [5.41, 5.74) is 4.25. The molecule has 3 aliphatic heterocycles. The molecule has 38 heavy (non-hydrogen) atoms. The molecule has 1 saturated carbocycles. The third kappa shape index (κ3) is 5.80. The minimum atomic E-state index is 0.0693. The van der Waals surface area contributed by atoms with E-state index in [0.717, 1.165) is 70.8 Å². The van der Waals surface area contributed by atoms with Crippen LogP contribution in [-0.4, -0.2) is 78.1 Å². The molecule has 2 aromatic heterocycles. The van der Waals surface area contributed by atoms with Crippen LogP contribution in [0.15, 0.2) is 29.9 Å². The lowest BCUT2D eigenvalue weighted by Crippen LogP contribution is -2.60. The maximum absolute atomic E-state index is 12.4. The zero-order valence-electron chi connectivity index (χ0n) is 23.0. The lowest BCUT2D eigenvalue weighted by Gasteiger charge is -2.48. The zero-order valence-corrected chi connectivity index (χ0v) is 23.8. The summed E-state index contributed by atoms with van der Waals surface area (Å²) in [5.74, 6) is 1.19. The minimum Gasteiger partial charge on any atom is -0.381 e. The fourth-order valence-electron chi connectivity index (χ4n) is 5.91. The summed E-state index contributed by atoms with van der Waals surface area (Å²) in [6.07, 6.45) is 5.90. The maximum Gasteiger partial charge on any atom is 0.265 e. The largest absolute Gasteiger partial charge is 0.381 e. The number of rotatable bonds is 5. The van der Waals surface area contributed by atoms with E-state index in [0.29, 0.717) is 16.7 Å².